The molecule has 0 saturated carbocycles. The average molecular weight is 468 g/mol. The summed E-state index contributed by atoms with van der Waals surface area (Å²) in [6.45, 7) is 1.88. The molecule has 5 aromatic rings. The van der Waals surface area contributed by atoms with E-state index in [0.717, 1.165) is 10.8 Å². The van der Waals surface area contributed by atoms with Crippen LogP contribution >= 0.6 is 11.6 Å². The van der Waals surface area contributed by atoms with Gasteiger partial charge in [0.15, 0.2) is 0 Å². The number of fused-ring (bicyclic) bond motifs is 2. The number of benzene rings is 4. The zero-order chi connectivity index (χ0) is 23.8. The lowest BCUT2D eigenvalue weighted by Gasteiger charge is -2.27. The van der Waals surface area contributed by atoms with Gasteiger partial charge in [-0.2, -0.15) is 0 Å². The van der Waals surface area contributed by atoms with Gasteiger partial charge in [0.05, 0.1) is 22.6 Å². The number of carbonyl (C=O) groups is 1. The zero-order valence-electron chi connectivity index (χ0n) is 18.8. The topological polar surface area (TPSA) is 55.2 Å². The first kappa shape index (κ1) is 21.9. The molecule has 0 aliphatic rings. The van der Waals surface area contributed by atoms with Crippen molar-refractivity contribution in [2.75, 3.05) is 7.05 Å². The molecule has 0 aliphatic carbocycles. The number of aromatic nitrogens is 2. The summed E-state index contributed by atoms with van der Waals surface area (Å²) in [6.07, 6.45) is 0. The molecular formula is C28H22ClN3O2. The highest BCUT2D eigenvalue weighted by Gasteiger charge is 2.25. The van der Waals surface area contributed by atoms with Crippen LogP contribution in [0.15, 0.2) is 95.8 Å². The second kappa shape index (κ2) is 8.76. The third-order valence-electron chi connectivity index (χ3n) is 6.16. The van der Waals surface area contributed by atoms with Gasteiger partial charge in [0.1, 0.15) is 5.82 Å². The van der Waals surface area contributed by atoms with Crippen LogP contribution in [0.25, 0.3) is 27.4 Å². The number of amides is 1. The first-order valence-corrected chi connectivity index (χ1v) is 11.4. The molecule has 34 heavy (non-hydrogen) atoms. The third-order valence-corrected chi connectivity index (χ3v) is 6.41. The summed E-state index contributed by atoms with van der Waals surface area (Å²) < 4.78 is 1.56. The van der Waals surface area contributed by atoms with Crippen LogP contribution in [0.3, 0.4) is 0 Å². The summed E-state index contributed by atoms with van der Waals surface area (Å²) in [4.78, 5) is 33.4. The lowest BCUT2D eigenvalue weighted by molar-refractivity contribution is 0.0735. The fraction of sp³-hybridized carbons (Fsp3) is 0.107. The van der Waals surface area contributed by atoms with E-state index >= 15 is 0 Å². The first-order chi connectivity index (χ1) is 16.4. The van der Waals surface area contributed by atoms with E-state index in [2.05, 4.69) is 0 Å². The highest BCUT2D eigenvalue weighted by molar-refractivity contribution is 6.30. The Morgan fingerprint density at radius 2 is 1.59 bits per heavy atom. The van der Waals surface area contributed by atoms with E-state index in [0.29, 0.717) is 33.0 Å². The van der Waals surface area contributed by atoms with Crippen molar-refractivity contribution >= 4 is 39.2 Å². The molecule has 0 bridgehead atoms. The van der Waals surface area contributed by atoms with Crippen molar-refractivity contribution in [3.05, 3.63) is 118 Å². The summed E-state index contributed by atoms with van der Waals surface area (Å²) in [6, 6.07) is 27.4. The smallest absolute Gasteiger partial charge is 0.266 e. The summed E-state index contributed by atoms with van der Waals surface area (Å²) in [5.74, 6) is 0.325. The molecule has 0 spiro atoms. The zero-order valence-corrected chi connectivity index (χ0v) is 19.5. The molecule has 5 rings (SSSR count). The highest BCUT2D eigenvalue weighted by atomic mass is 35.5. The van der Waals surface area contributed by atoms with Gasteiger partial charge >= 0.3 is 0 Å². The summed E-state index contributed by atoms with van der Waals surface area (Å²) in [7, 11) is 1.73. The van der Waals surface area contributed by atoms with E-state index in [9.17, 15) is 9.59 Å². The predicted octanol–water partition coefficient (Wildman–Crippen LogP) is 6.03. The quantitative estimate of drug-likeness (QED) is 0.324. The van der Waals surface area contributed by atoms with Gasteiger partial charge in [0.25, 0.3) is 11.5 Å². The minimum absolute atomic E-state index is 0.150. The lowest BCUT2D eigenvalue weighted by Crippen LogP contribution is -2.34. The van der Waals surface area contributed by atoms with Crippen molar-refractivity contribution in [1.29, 1.82) is 0 Å². The number of hydrogen-bond acceptors (Lipinski definition) is 3. The van der Waals surface area contributed by atoms with E-state index in [4.69, 9.17) is 16.6 Å². The first-order valence-electron chi connectivity index (χ1n) is 11.0. The molecule has 0 saturated heterocycles. The van der Waals surface area contributed by atoms with Gasteiger partial charge in [-0.15, -0.1) is 0 Å². The van der Waals surface area contributed by atoms with Gasteiger partial charge in [-0.25, -0.2) is 4.98 Å². The van der Waals surface area contributed by atoms with E-state index in [1.807, 2.05) is 67.6 Å². The largest absolute Gasteiger partial charge is 0.332 e. The molecule has 168 valence electrons. The number of nitrogens with zero attached hydrogens (tertiary/aromatic N) is 3. The number of hydrogen-bond donors (Lipinski definition) is 0. The molecule has 0 radical (unpaired) electrons. The third kappa shape index (κ3) is 3.84. The van der Waals surface area contributed by atoms with Crippen molar-refractivity contribution < 1.29 is 4.79 Å². The normalized spacial score (nSPS) is 12.1. The van der Waals surface area contributed by atoms with Crippen LogP contribution < -0.4 is 5.56 Å². The van der Waals surface area contributed by atoms with Crippen LogP contribution in [0.2, 0.25) is 5.02 Å². The minimum Gasteiger partial charge on any atom is -0.332 e. The Balaban J connectivity index is 1.62. The maximum atomic E-state index is 13.5. The van der Waals surface area contributed by atoms with Crippen molar-refractivity contribution in [3.8, 4) is 5.69 Å². The molecule has 4 aromatic carbocycles. The average Bonchev–Trinajstić information content (AvgIpc) is 2.87. The summed E-state index contributed by atoms with van der Waals surface area (Å²) in [5.41, 5.74) is 1.61. The van der Waals surface area contributed by atoms with Crippen LogP contribution in [0.1, 0.15) is 29.1 Å². The van der Waals surface area contributed by atoms with E-state index in [-0.39, 0.29) is 11.5 Å². The highest BCUT2D eigenvalue weighted by Crippen LogP contribution is 2.25. The van der Waals surface area contributed by atoms with Gasteiger partial charge in [-0.05, 0) is 66.2 Å². The standard InChI is InChI=1S/C28H22ClN3O2/c1-18(31(2)27(33)21-12-11-19-7-3-4-8-20(19)17-21)26-30-25-10-6-5-9-24(25)28(34)32(26)23-15-13-22(29)14-16-23/h3-18H,1-2H3. The summed E-state index contributed by atoms with van der Waals surface area (Å²) in [5, 5.41) is 3.15. The molecule has 0 fully saturated rings. The monoisotopic (exact) mass is 467 g/mol. The molecule has 1 atom stereocenters. The van der Waals surface area contributed by atoms with Crippen LogP contribution in [0.4, 0.5) is 0 Å². The number of rotatable bonds is 4. The molecule has 6 heteroatoms. The molecule has 1 aromatic heterocycles. The van der Waals surface area contributed by atoms with Crippen LogP contribution in [-0.2, 0) is 0 Å². The lowest BCUT2D eigenvalue weighted by atomic mass is 10.1. The van der Waals surface area contributed by atoms with Gasteiger partial charge in [-0.3, -0.25) is 14.2 Å². The number of para-hydroxylation sites is 1. The van der Waals surface area contributed by atoms with Crippen molar-refractivity contribution in [2.45, 2.75) is 13.0 Å². The van der Waals surface area contributed by atoms with Gasteiger partial charge in [0, 0.05) is 17.6 Å². The molecule has 1 unspecified atom stereocenters. The van der Waals surface area contributed by atoms with E-state index in [1.165, 1.54) is 0 Å². The van der Waals surface area contributed by atoms with Crippen LogP contribution in [0, 0.1) is 0 Å². The second-order valence-electron chi connectivity index (χ2n) is 8.26. The molecule has 1 heterocycles. The minimum atomic E-state index is -0.480. The maximum Gasteiger partial charge on any atom is 0.266 e. The Hall–Kier alpha value is -3.96. The van der Waals surface area contributed by atoms with Crippen molar-refractivity contribution in [3.63, 3.8) is 0 Å². The van der Waals surface area contributed by atoms with Crippen LogP contribution in [-0.4, -0.2) is 27.4 Å². The molecule has 0 aliphatic heterocycles. The number of carbonyl (C=O) groups excluding carboxylic acids is 1. The van der Waals surface area contributed by atoms with E-state index < -0.39 is 6.04 Å². The Bertz CT molecular complexity index is 1590. The maximum absolute atomic E-state index is 13.5. The van der Waals surface area contributed by atoms with Crippen LogP contribution in [0.5, 0.6) is 0 Å². The molecule has 5 nitrogen and oxygen atoms in total. The molecular weight excluding hydrogens is 446 g/mol. The Morgan fingerprint density at radius 1 is 0.912 bits per heavy atom. The Labute approximate surface area is 201 Å². The van der Waals surface area contributed by atoms with E-state index in [1.54, 1.807) is 46.8 Å². The van der Waals surface area contributed by atoms with Crippen molar-refractivity contribution in [2.24, 2.45) is 0 Å². The Kier molecular flexibility index (Phi) is 5.64. The molecule has 0 N–H and O–H groups in total. The van der Waals surface area contributed by atoms with Gasteiger partial charge in [0.2, 0.25) is 0 Å². The summed E-state index contributed by atoms with van der Waals surface area (Å²) >= 11 is 6.08. The van der Waals surface area contributed by atoms with Gasteiger partial charge in [-0.1, -0.05) is 54.1 Å². The Morgan fingerprint density at radius 3 is 2.35 bits per heavy atom. The SMILES string of the molecule is CC(c1nc2ccccc2c(=O)n1-c1ccc(Cl)cc1)N(C)C(=O)c1ccc2ccccc2c1. The fourth-order valence-electron chi connectivity index (χ4n) is 4.14. The fourth-order valence-corrected chi connectivity index (χ4v) is 4.27. The number of halogens is 1. The predicted molar refractivity (Wildman–Crippen MR) is 137 cm³/mol. The second-order valence-corrected chi connectivity index (χ2v) is 8.69. The van der Waals surface area contributed by atoms with Crippen molar-refractivity contribution in [1.82, 2.24) is 14.5 Å². The molecule has 1 amide bonds. The van der Waals surface area contributed by atoms with Gasteiger partial charge < -0.3 is 4.90 Å².